The Morgan fingerprint density at radius 3 is 1.27 bits per heavy atom. The quantitative estimate of drug-likeness (QED) is 0.111. The summed E-state index contributed by atoms with van der Waals surface area (Å²) in [6.07, 6.45) is 8.10. The maximum atomic E-state index is 5.69. The van der Waals surface area contributed by atoms with Crippen LogP contribution in [0, 0.1) is 0 Å². The van der Waals surface area contributed by atoms with Gasteiger partial charge < -0.3 is 24.7 Å². The van der Waals surface area contributed by atoms with Gasteiger partial charge in [-0.15, -0.1) is 0 Å². The summed E-state index contributed by atoms with van der Waals surface area (Å²) < 4.78 is 5.69. The normalized spacial score (nSPS) is 11.5. The molecule has 302 valence electrons. The highest BCUT2D eigenvalue weighted by molar-refractivity contribution is 5.80. The molecule has 0 spiro atoms. The van der Waals surface area contributed by atoms with Gasteiger partial charge in [-0.1, -0.05) is 142 Å². The van der Waals surface area contributed by atoms with E-state index in [1.165, 1.54) is 27.8 Å². The minimum absolute atomic E-state index is 0.00548. The zero-order valence-corrected chi connectivity index (χ0v) is 35.1. The molecule has 0 bridgehead atoms. The summed E-state index contributed by atoms with van der Waals surface area (Å²) in [5, 5.41) is 0. The average Bonchev–Trinajstić information content (AvgIpc) is 4.17. The van der Waals surface area contributed by atoms with E-state index in [4.69, 9.17) is 14.7 Å². The van der Waals surface area contributed by atoms with Gasteiger partial charge in [0.05, 0.1) is 18.5 Å². The van der Waals surface area contributed by atoms with Crippen molar-refractivity contribution in [1.29, 1.82) is 0 Å². The molecule has 7 heteroatoms. The van der Waals surface area contributed by atoms with Crippen LogP contribution in [0.1, 0.15) is 26.3 Å². The van der Waals surface area contributed by atoms with Gasteiger partial charge in [-0.05, 0) is 91.9 Å². The molecule has 0 amide bonds. The van der Waals surface area contributed by atoms with Gasteiger partial charge in [0.2, 0.25) is 0 Å². The lowest BCUT2D eigenvalue weighted by molar-refractivity contribution is 0.415. The number of H-pyrrole nitrogens is 4. The largest absolute Gasteiger partial charge is 0.497 e. The summed E-state index contributed by atoms with van der Waals surface area (Å²) in [5.74, 6) is 2.36. The van der Waals surface area contributed by atoms with E-state index in [0.717, 1.165) is 84.7 Å². The number of nitrogens with one attached hydrogen (secondary N) is 4. The van der Waals surface area contributed by atoms with Gasteiger partial charge in [0.25, 0.3) is 0 Å². The van der Waals surface area contributed by atoms with Crippen molar-refractivity contribution in [1.82, 2.24) is 29.9 Å². The lowest BCUT2D eigenvalue weighted by Gasteiger charge is -2.21. The van der Waals surface area contributed by atoms with Crippen LogP contribution in [0.3, 0.4) is 0 Å². The molecule has 0 aliphatic rings. The first-order valence-electron chi connectivity index (χ1n) is 20.9. The van der Waals surface area contributed by atoms with Crippen molar-refractivity contribution in [3.63, 3.8) is 0 Å². The lowest BCUT2D eigenvalue weighted by atomic mass is 9.83. The monoisotopic (exact) mass is 806 g/mol. The third-order valence-corrected chi connectivity index (χ3v) is 11.5. The number of imidazole rings is 2. The zero-order valence-electron chi connectivity index (χ0n) is 35.1. The van der Waals surface area contributed by atoms with Gasteiger partial charge in [0.15, 0.2) is 0 Å². The van der Waals surface area contributed by atoms with Gasteiger partial charge in [-0.3, -0.25) is 0 Å². The number of methoxy groups -OCH3 is 1. The van der Waals surface area contributed by atoms with E-state index in [-0.39, 0.29) is 5.41 Å². The SMILES string of the molecule is COc1cc(-c2c[nH]c(-c3ccccc3)n2)cc(-c2c[nH]c(-c3ccc(-c4ccc(-c5cc(-c6cc(-c7c[nH]c(-c8ccccc8)c7)cc(C(C)(C)C)c6)c[nH]5)cc4)cc3)n2)c1. The van der Waals surface area contributed by atoms with Gasteiger partial charge in [-0.25, -0.2) is 9.97 Å². The molecule has 0 saturated carbocycles. The summed E-state index contributed by atoms with van der Waals surface area (Å²) in [6.45, 7) is 6.82. The van der Waals surface area contributed by atoms with Crippen LogP contribution in [0.25, 0.3) is 101 Å². The summed E-state index contributed by atoms with van der Waals surface area (Å²) in [4.78, 5) is 23.6. The molecule has 10 rings (SSSR count). The second-order valence-electron chi connectivity index (χ2n) is 16.8. The Bertz CT molecular complexity index is 3120. The molecule has 0 unspecified atom stereocenters. The van der Waals surface area contributed by atoms with Crippen molar-refractivity contribution in [2.75, 3.05) is 7.11 Å². The highest BCUT2D eigenvalue weighted by atomic mass is 16.5. The molecule has 0 aliphatic heterocycles. The molecule has 4 heterocycles. The van der Waals surface area contributed by atoms with Crippen LogP contribution in [-0.4, -0.2) is 37.0 Å². The van der Waals surface area contributed by atoms with Crippen molar-refractivity contribution in [3.8, 4) is 107 Å². The Morgan fingerprint density at radius 2 is 0.790 bits per heavy atom. The highest BCUT2D eigenvalue weighted by Crippen LogP contribution is 2.37. The predicted molar refractivity (Wildman–Crippen MR) is 254 cm³/mol. The van der Waals surface area contributed by atoms with Crippen LogP contribution in [0.4, 0.5) is 0 Å². The molecule has 62 heavy (non-hydrogen) atoms. The number of rotatable bonds is 10. The first-order chi connectivity index (χ1) is 30.2. The number of nitrogens with zero attached hydrogens (tertiary/aromatic N) is 2. The van der Waals surface area contributed by atoms with E-state index >= 15 is 0 Å². The summed E-state index contributed by atoms with van der Waals surface area (Å²) in [7, 11) is 1.68. The van der Waals surface area contributed by atoms with Crippen molar-refractivity contribution in [2.24, 2.45) is 0 Å². The molecule has 4 aromatic heterocycles. The molecule has 0 atom stereocenters. The summed E-state index contributed by atoms with van der Waals surface area (Å²) >= 11 is 0. The standard InChI is InChI=1S/C55H46N6O/c1-55(2,3)47-25-41(45-29-49(56-31-45)37-11-7-5-8-12-37)23-42(26-47)46-30-50(57-32-46)38-19-15-35(16-20-38)36-17-21-40(22-18-36)54-59-34-52(61-54)44-24-43(27-48(28-44)62-4)51-33-58-53(60-51)39-13-9-6-10-14-39/h5-34,56-57H,1-4H3,(H,58,60)(H,59,61). The van der Waals surface area contributed by atoms with E-state index in [9.17, 15) is 0 Å². The number of ether oxygens (including phenoxy) is 1. The van der Waals surface area contributed by atoms with Gasteiger partial charge >= 0.3 is 0 Å². The minimum Gasteiger partial charge on any atom is -0.497 e. The molecule has 6 aromatic carbocycles. The molecule has 10 aromatic rings. The Morgan fingerprint density at radius 1 is 0.371 bits per heavy atom. The molecule has 0 saturated heterocycles. The Hall–Kier alpha value is -7.90. The smallest absolute Gasteiger partial charge is 0.138 e. The number of aromatic nitrogens is 6. The Balaban J connectivity index is 0.854. The van der Waals surface area contributed by atoms with E-state index < -0.39 is 0 Å². The Labute approximate surface area is 361 Å². The predicted octanol–water partition coefficient (Wildman–Crippen LogP) is 14.1. The number of hydrogen-bond acceptors (Lipinski definition) is 3. The van der Waals surface area contributed by atoms with Gasteiger partial charge in [-0.2, -0.15) is 0 Å². The van der Waals surface area contributed by atoms with Crippen LogP contribution in [-0.2, 0) is 5.41 Å². The van der Waals surface area contributed by atoms with Crippen LogP contribution in [0.5, 0.6) is 5.75 Å². The fourth-order valence-electron chi connectivity index (χ4n) is 7.97. The van der Waals surface area contributed by atoms with E-state index in [0.29, 0.717) is 0 Å². The fraction of sp³-hybridized carbons (Fsp3) is 0.0909. The van der Waals surface area contributed by atoms with Crippen LogP contribution < -0.4 is 4.74 Å². The third-order valence-electron chi connectivity index (χ3n) is 11.5. The van der Waals surface area contributed by atoms with Gasteiger partial charge in [0.1, 0.15) is 17.4 Å². The van der Waals surface area contributed by atoms with Crippen molar-refractivity contribution in [3.05, 3.63) is 188 Å². The minimum atomic E-state index is -0.00548. The van der Waals surface area contributed by atoms with Crippen LogP contribution in [0.2, 0.25) is 0 Å². The van der Waals surface area contributed by atoms with Gasteiger partial charge in [0, 0.05) is 58.4 Å². The highest BCUT2D eigenvalue weighted by Gasteiger charge is 2.18. The number of benzene rings is 6. The third kappa shape index (κ3) is 7.80. The topological polar surface area (TPSA) is 98.2 Å². The molecule has 7 nitrogen and oxygen atoms in total. The second-order valence-corrected chi connectivity index (χ2v) is 16.8. The lowest BCUT2D eigenvalue weighted by Crippen LogP contribution is -2.11. The summed E-state index contributed by atoms with van der Waals surface area (Å²) in [6, 6.07) is 55.4. The molecular weight excluding hydrogens is 761 g/mol. The molecule has 0 radical (unpaired) electrons. The maximum Gasteiger partial charge on any atom is 0.138 e. The number of hydrogen-bond donors (Lipinski definition) is 4. The number of aromatic amines is 4. The first-order valence-corrected chi connectivity index (χ1v) is 20.9. The molecule has 4 N–H and O–H groups in total. The van der Waals surface area contributed by atoms with Crippen molar-refractivity contribution >= 4 is 0 Å². The molecule has 0 aliphatic carbocycles. The van der Waals surface area contributed by atoms with Crippen LogP contribution in [0.15, 0.2) is 183 Å². The fourth-order valence-corrected chi connectivity index (χ4v) is 7.97. The summed E-state index contributed by atoms with van der Waals surface area (Å²) in [5.41, 5.74) is 18.4. The van der Waals surface area contributed by atoms with E-state index in [2.05, 4.69) is 162 Å². The second kappa shape index (κ2) is 15.9. The van der Waals surface area contributed by atoms with Crippen LogP contribution >= 0.6 is 0 Å². The average molecular weight is 807 g/mol. The maximum absolute atomic E-state index is 5.69. The van der Waals surface area contributed by atoms with Crippen molar-refractivity contribution in [2.45, 2.75) is 26.2 Å². The molecule has 0 fully saturated rings. The zero-order chi connectivity index (χ0) is 42.2. The van der Waals surface area contributed by atoms with E-state index in [1.807, 2.05) is 60.9 Å². The van der Waals surface area contributed by atoms with Crippen molar-refractivity contribution < 1.29 is 4.74 Å². The first kappa shape index (κ1) is 38.3. The van der Waals surface area contributed by atoms with E-state index in [1.54, 1.807) is 7.11 Å². The molecular formula is C55H46N6O. The Kier molecular flexibility index (Phi) is 9.85.